The molecule has 3 rings (SSSR count). The number of carboxylic acid groups (broad SMARTS) is 1. The van der Waals surface area contributed by atoms with Crippen LogP contribution in [0.15, 0.2) is 30.3 Å². The van der Waals surface area contributed by atoms with Gasteiger partial charge in [-0.05, 0) is 26.0 Å². The van der Waals surface area contributed by atoms with Gasteiger partial charge in [-0.15, -0.1) is 0 Å². The molecule has 140 valence electrons. The number of rotatable bonds is 6. The van der Waals surface area contributed by atoms with E-state index in [1.54, 1.807) is 30.3 Å². The number of carbonyl (C=O) groups is 3. The molecule has 2 saturated heterocycles. The Morgan fingerprint density at radius 3 is 2.37 bits per heavy atom. The molecular weight excluding hydrogens is 385 g/mol. The summed E-state index contributed by atoms with van der Waals surface area (Å²) in [5.74, 6) is -3.32. The van der Waals surface area contributed by atoms with Gasteiger partial charge in [0.2, 0.25) is 5.91 Å². The molecule has 0 N–H and O–H groups in total. The summed E-state index contributed by atoms with van der Waals surface area (Å²) in [6.45, 7) is 2.21. The molecule has 8 nitrogen and oxygen atoms in total. The molecule has 2 aliphatic rings. The van der Waals surface area contributed by atoms with Gasteiger partial charge in [0.1, 0.15) is 17.7 Å². The van der Waals surface area contributed by atoms with E-state index >= 15 is 0 Å². The largest absolute Gasteiger partial charge is 1.00 e. The monoisotopic (exact) mass is 403 g/mol. The van der Waals surface area contributed by atoms with Crippen LogP contribution in [0.1, 0.15) is 20.3 Å². The summed E-state index contributed by atoms with van der Waals surface area (Å²) >= 11 is 0. The van der Waals surface area contributed by atoms with E-state index in [4.69, 9.17) is 4.74 Å². The van der Waals surface area contributed by atoms with Crippen LogP contribution in [0.2, 0.25) is 0 Å². The van der Waals surface area contributed by atoms with Crippen molar-refractivity contribution in [2.45, 2.75) is 36.4 Å². The molecule has 0 spiro atoms. The standard InChI is InChI=1S/C17H19NO7S.Na/c1-17(2)13(16(21)22)18-14(20)12(15(18)26(17,23)24)8-10(19)9-25-11-6-4-3-5-7-11;/h3-7,12-13,15H,8-9H2,1-2H3,(H,21,22);/q;+1/p-1/t12-,13+,15-;/m1./s1. The second kappa shape index (κ2) is 7.54. The quantitative estimate of drug-likeness (QED) is 0.352. The summed E-state index contributed by atoms with van der Waals surface area (Å²) < 4.78 is 29.0. The minimum absolute atomic E-state index is 0. The fourth-order valence-corrected chi connectivity index (χ4v) is 5.88. The van der Waals surface area contributed by atoms with Gasteiger partial charge in [0.25, 0.3) is 0 Å². The Kier molecular flexibility index (Phi) is 6.11. The van der Waals surface area contributed by atoms with E-state index in [-0.39, 0.29) is 42.6 Å². The number of β-lactam (4-membered cyclic amide) rings is 1. The normalized spacial score (nSPS) is 27.1. The first-order valence-electron chi connectivity index (χ1n) is 8.05. The van der Waals surface area contributed by atoms with Gasteiger partial charge < -0.3 is 19.5 Å². The molecule has 0 radical (unpaired) electrons. The molecule has 2 heterocycles. The number of hydrogen-bond donors (Lipinski definition) is 0. The number of Topliss-reactive ketones (excluding diaryl/α,β-unsaturated/α-hetero) is 1. The van der Waals surface area contributed by atoms with Crippen molar-refractivity contribution >= 4 is 27.5 Å². The predicted molar refractivity (Wildman–Crippen MR) is 87.5 cm³/mol. The number of carboxylic acids is 1. The van der Waals surface area contributed by atoms with E-state index < -0.39 is 49.6 Å². The maximum absolute atomic E-state index is 12.7. The molecule has 2 aliphatic heterocycles. The fraction of sp³-hybridized carbons (Fsp3) is 0.471. The minimum atomic E-state index is -3.96. The van der Waals surface area contributed by atoms with Crippen molar-refractivity contribution in [3.8, 4) is 5.75 Å². The zero-order chi connectivity index (χ0) is 19.3. The van der Waals surface area contributed by atoms with E-state index in [1.165, 1.54) is 13.8 Å². The Labute approximate surface area is 179 Å². The summed E-state index contributed by atoms with van der Waals surface area (Å²) in [5.41, 5.74) is 0. The maximum atomic E-state index is 12.7. The number of hydrogen-bond acceptors (Lipinski definition) is 7. The summed E-state index contributed by atoms with van der Waals surface area (Å²) in [6, 6.07) is 7.03. The second-order valence-electron chi connectivity index (χ2n) is 6.96. The van der Waals surface area contributed by atoms with Crippen LogP contribution in [0.25, 0.3) is 0 Å². The van der Waals surface area contributed by atoms with Crippen molar-refractivity contribution in [3.05, 3.63) is 30.3 Å². The molecule has 0 aromatic heterocycles. The number of amides is 1. The number of aliphatic carboxylic acids is 1. The van der Waals surface area contributed by atoms with Gasteiger partial charge in [-0.2, -0.15) is 0 Å². The molecule has 1 aromatic carbocycles. The fourth-order valence-electron chi connectivity index (χ4n) is 3.56. The molecule has 3 atom stereocenters. The molecule has 27 heavy (non-hydrogen) atoms. The second-order valence-corrected chi connectivity index (χ2v) is 9.58. The molecule has 0 aliphatic carbocycles. The van der Waals surface area contributed by atoms with Crippen LogP contribution < -0.4 is 39.4 Å². The van der Waals surface area contributed by atoms with Crippen LogP contribution in [0.5, 0.6) is 5.75 Å². The zero-order valence-corrected chi connectivity index (χ0v) is 18.1. The molecule has 1 aromatic rings. The van der Waals surface area contributed by atoms with Gasteiger partial charge >= 0.3 is 29.6 Å². The number of nitrogens with zero attached hydrogens (tertiary/aromatic N) is 1. The van der Waals surface area contributed by atoms with E-state index in [9.17, 15) is 27.9 Å². The number of ether oxygens (including phenoxy) is 1. The number of fused-ring (bicyclic) bond motifs is 1. The average molecular weight is 403 g/mol. The van der Waals surface area contributed by atoms with Crippen LogP contribution in [0.3, 0.4) is 0 Å². The zero-order valence-electron chi connectivity index (χ0n) is 15.2. The summed E-state index contributed by atoms with van der Waals surface area (Å²) in [4.78, 5) is 36.6. The summed E-state index contributed by atoms with van der Waals surface area (Å²) in [5, 5.41) is 10.1. The third-order valence-electron chi connectivity index (χ3n) is 4.99. The van der Waals surface area contributed by atoms with Gasteiger partial charge in [0, 0.05) is 6.42 Å². The third-order valence-corrected chi connectivity index (χ3v) is 7.87. The van der Waals surface area contributed by atoms with E-state index in [2.05, 4.69) is 0 Å². The predicted octanol–water partition coefficient (Wildman–Crippen LogP) is -3.86. The van der Waals surface area contributed by atoms with Gasteiger partial charge in [0.15, 0.2) is 15.6 Å². The van der Waals surface area contributed by atoms with Crippen molar-refractivity contribution < 1.29 is 62.2 Å². The van der Waals surface area contributed by atoms with Crippen molar-refractivity contribution in [2.24, 2.45) is 5.92 Å². The van der Waals surface area contributed by atoms with Gasteiger partial charge in [0.05, 0.1) is 22.7 Å². The Hall–Kier alpha value is -1.42. The van der Waals surface area contributed by atoms with Gasteiger partial charge in [-0.1, -0.05) is 18.2 Å². The van der Waals surface area contributed by atoms with Crippen LogP contribution in [-0.4, -0.2) is 53.7 Å². The van der Waals surface area contributed by atoms with E-state index in [0.717, 1.165) is 4.90 Å². The third kappa shape index (κ3) is 3.41. The topological polar surface area (TPSA) is 121 Å². The molecular formula is C17H18NNaO7S. The van der Waals surface area contributed by atoms with Gasteiger partial charge in [-0.25, -0.2) is 8.42 Å². The number of carbonyl (C=O) groups excluding carboxylic acids is 3. The first-order valence-corrected chi connectivity index (χ1v) is 9.59. The van der Waals surface area contributed by atoms with Gasteiger partial charge in [-0.3, -0.25) is 9.59 Å². The Morgan fingerprint density at radius 2 is 1.81 bits per heavy atom. The SMILES string of the molecule is CC1(C)[C@H](C(=O)[O-])N2C(=O)[C@@H](CC(=O)COc3ccccc3)[C@H]2S1(=O)=O.[Na+]. The van der Waals surface area contributed by atoms with Crippen molar-refractivity contribution in [1.82, 2.24) is 4.90 Å². The summed E-state index contributed by atoms with van der Waals surface area (Å²) in [6.07, 6.45) is -0.318. The van der Waals surface area contributed by atoms with Crippen molar-refractivity contribution in [1.29, 1.82) is 0 Å². The maximum Gasteiger partial charge on any atom is 1.00 e. The minimum Gasteiger partial charge on any atom is -0.548 e. The Bertz CT molecular complexity index is 869. The van der Waals surface area contributed by atoms with Crippen molar-refractivity contribution in [2.75, 3.05) is 6.61 Å². The van der Waals surface area contributed by atoms with E-state index in [1.807, 2.05) is 0 Å². The first kappa shape index (κ1) is 21.9. The average Bonchev–Trinajstić information content (AvgIpc) is 2.72. The van der Waals surface area contributed by atoms with Crippen LogP contribution >= 0.6 is 0 Å². The first-order chi connectivity index (χ1) is 12.1. The number of benzene rings is 1. The molecule has 2 fully saturated rings. The molecule has 0 bridgehead atoms. The smallest absolute Gasteiger partial charge is 0.548 e. The van der Waals surface area contributed by atoms with Crippen molar-refractivity contribution in [3.63, 3.8) is 0 Å². The van der Waals surface area contributed by atoms with Crippen LogP contribution in [-0.2, 0) is 24.2 Å². The van der Waals surface area contributed by atoms with Crippen LogP contribution in [0, 0.1) is 5.92 Å². The Balaban J connectivity index is 0.00000261. The van der Waals surface area contributed by atoms with E-state index in [0.29, 0.717) is 5.75 Å². The van der Waals surface area contributed by atoms with Crippen LogP contribution in [0.4, 0.5) is 0 Å². The number of sulfone groups is 1. The summed E-state index contributed by atoms with van der Waals surface area (Å²) in [7, 11) is -3.96. The Morgan fingerprint density at radius 1 is 1.22 bits per heavy atom. The number of para-hydroxylation sites is 1. The molecule has 10 heteroatoms. The number of ketones is 1. The molecule has 0 saturated carbocycles. The molecule has 1 amide bonds. The molecule has 0 unspecified atom stereocenters.